The molecule has 0 fully saturated rings. The number of hydrogen-bond acceptors (Lipinski definition) is 2. The molecule has 0 bridgehead atoms. The molecule has 4 rings (SSSR count). The van der Waals surface area contributed by atoms with Crippen LogP contribution < -0.4 is 4.74 Å². The lowest BCUT2D eigenvalue weighted by atomic mass is 9.95. The number of ether oxygens (including phenoxy) is 1. The molecule has 120 valence electrons. The van der Waals surface area contributed by atoms with Gasteiger partial charge >= 0.3 is 5.97 Å². The van der Waals surface area contributed by atoms with Crippen LogP contribution in [0.1, 0.15) is 31.9 Å². The monoisotopic (exact) mass is 316 g/mol. The van der Waals surface area contributed by atoms with E-state index in [9.17, 15) is 4.79 Å². The van der Waals surface area contributed by atoms with E-state index in [1.165, 1.54) is 27.3 Å². The Morgan fingerprint density at radius 1 is 0.958 bits per heavy atom. The van der Waals surface area contributed by atoms with Crippen molar-refractivity contribution in [3.05, 3.63) is 59.7 Å². The molecular formula is C22H20O2. The third kappa shape index (κ3) is 2.39. The highest BCUT2D eigenvalue weighted by atomic mass is 16.5. The van der Waals surface area contributed by atoms with Gasteiger partial charge in [-0.3, -0.25) is 4.79 Å². The Morgan fingerprint density at radius 2 is 1.71 bits per heavy atom. The Kier molecular flexibility index (Phi) is 3.24. The van der Waals surface area contributed by atoms with E-state index in [-0.39, 0.29) is 5.97 Å². The van der Waals surface area contributed by atoms with Crippen LogP contribution in [0, 0.1) is 5.41 Å². The smallest absolute Gasteiger partial charge is 0.316 e. The Morgan fingerprint density at radius 3 is 2.50 bits per heavy atom. The first kappa shape index (κ1) is 14.9. The zero-order valence-electron chi connectivity index (χ0n) is 14.2. The summed E-state index contributed by atoms with van der Waals surface area (Å²) < 4.78 is 5.52. The number of carbonyl (C=O) groups excluding carboxylic acids is 1. The number of hydrogen-bond donors (Lipinski definition) is 0. The van der Waals surface area contributed by atoms with Crippen molar-refractivity contribution in [2.75, 3.05) is 0 Å². The fourth-order valence-electron chi connectivity index (χ4n) is 3.22. The standard InChI is InChI=1S/C22H20O2/c1-22(2,3)21(23)24-16-9-12-18-15(13-16)8-11-19-17-6-4-5-14(17)7-10-20(18)19/h4-5,7-13H,6H2,1-3H3. The maximum absolute atomic E-state index is 12.1. The fourth-order valence-corrected chi connectivity index (χ4v) is 3.22. The molecule has 0 unspecified atom stereocenters. The van der Waals surface area contributed by atoms with E-state index < -0.39 is 5.41 Å². The first-order valence-corrected chi connectivity index (χ1v) is 8.31. The van der Waals surface area contributed by atoms with Crippen molar-refractivity contribution in [2.24, 2.45) is 5.41 Å². The summed E-state index contributed by atoms with van der Waals surface area (Å²) in [7, 11) is 0. The Balaban J connectivity index is 1.81. The average Bonchev–Trinajstić information content (AvgIpc) is 3.02. The molecule has 0 spiro atoms. The second kappa shape index (κ2) is 5.20. The number of benzene rings is 3. The SMILES string of the molecule is CC(C)(C)C(=O)Oc1ccc2c(ccc3c4c(ccc32)C=CC4)c1. The minimum absolute atomic E-state index is 0.216. The molecule has 3 aromatic rings. The lowest BCUT2D eigenvalue weighted by molar-refractivity contribution is -0.142. The first-order chi connectivity index (χ1) is 11.4. The number of fused-ring (bicyclic) bond motifs is 5. The summed E-state index contributed by atoms with van der Waals surface area (Å²) in [6, 6.07) is 14.6. The van der Waals surface area contributed by atoms with Gasteiger partial charge in [-0.1, -0.05) is 42.5 Å². The zero-order valence-corrected chi connectivity index (χ0v) is 14.2. The molecule has 2 heteroatoms. The average molecular weight is 316 g/mol. The minimum atomic E-state index is -0.508. The van der Waals surface area contributed by atoms with E-state index in [0.29, 0.717) is 5.75 Å². The van der Waals surface area contributed by atoms with Crippen LogP contribution in [-0.2, 0) is 11.2 Å². The van der Waals surface area contributed by atoms with E-state index in [4.69, 9.17) is 4.74 Å². The highest BCUT2D eigenvalue weighted by Crippen LogP contribution is 2.34. The van der Waals surface area contributed by atoms with Crippen molar-refractivity contribution >= 4 is 33.6 Å². The molecule has 0 saturated carbocycles. The van der Waals surface area contributed by atoms with Gasteiger partial charge in [-0.2, -0.15) is 0 Å². The van der Waals surface area contributed by atoms with E-state index in [1.54, 1.807) is 0 Å². The van der Waals surface area contributed by atoms with Gasteiger partial charge in [0.1, 0.15) is 5.75 Å². The Hall–Kier alpha value is -2.61. The third-order valence-corrected chi connectivity index (χ3v) is 4.58. The molecule has 2 nitrogen and oxygen atoms in total. The van der Waals surface area contributed by atoms with Gasteiger partial charge in [0, 0.05) is 0 Å². The highest BCUT2D eigenvalue weighted by molar-refractivity contribution is 6.10. The molecule has 3 aromatic carbocycles. The molecule has 0 saturated heterocycles. The molecule has 1 aliphatic rings. The van der Waals surface area contributed by atoms with E-state index in [2.05, 4.69) is 42.5 Å². The molecule has 0 amide bonds. The second-order valence-electron chi connectivity index (χ2n) is 7.42. The molecule has 0 atom stereocenters. The predicted molar refractivity (Wildman–Crippen MR) is 99.3 cm³/mol. The predicted octanol–water partition coefficient (Wildman–Crippen LogP) is 5.51. The van der Waals surface area contributed by atoms with Gasteiger partial charge in [0.25, 0.3) is 0 Å². The van der Waals surface area contributed by atoms with Crippen LogP contribution in [0.15, 0.2) is 48.5 Å². The van der Waals surface area contributed by atoms with Gasteiger partial charge < -0.3 is 4.74 Å². The van der Waals surface area contributed by atoms with Crippen LogP contribution in [-0.4, -0.2) is 5.97 Å². The lowest BCUT2D eigenvalue weighted by Crippen LogP contribution is -2.25. The summed E-state index contributed by atoms with van der Waals surface area (Å²) in [6.07, 6.45) is 5.40. The van der Waals surface area contributed by atoms with Crippen LogP contribution in [0.3, 0.4) is 0 Å². The summed E-state index contributed by atoms with van der Waals surface area (Å²) in [5.74, 6) is 0.385. The largest absolute Gasteiger partial charge is 0.426 e. The number of esters is 1. The quantitative estimate of drug-likeness (QED) is 0.336. The summed E-state index contributed by atoms with van der Waals surface area (Å²) in [4.78, 5) is 12.1. The Labute approximate surface area is 141 Å². The van der Waals surface area contributed by atoms with E-state index >= 15 is 0 Å². The van der Waals surface area contributed by atoms with Crippen LogP contribution in [0.5, 0.6) is 5.75 Å². The van der Waals surface area contributed by atoms with Gasteiger partial charge in [0.15, 0.2) is 0 Å². The van der Waals surface area contributed by atoms with E-state index in [0.717, 1.165) is 11.8 Å². The van der Waals surface area contributed by atoms with E-state index in [1.807, 2.05) is 32.9 Å². The molecule has 1 aliphatic carbocycles. The zero-order chi connectivity index (χ0) is 16.9. The van der Waals surface area contributed by atoms with Crippen LogP contribution in [0.4, 0.5) is 0 Å². The number of allylic oxidation sites excluding steroid dienone is 1. The van der Waals surface area contributed by atoms with Crippen LogP contribution >= 0.6 is 0 Å². The molecule has 24 heavy (non-hydrogen) atoms. The van der Waals surface area contributed by atoms with Gasteiger partial charge in [-0.05, 0) is 72.0 Å². The highest BCUT2D eigenvalue weighted by Gasteiger charge is 2.23. The van der Waals surface area contributed by atoms with Gasteiger partial charge in [-0.25, -0.2) is 0 Å². The van der Waals surface area contributed by atoms with Crippen LogP contribution in [0.2, 0.25) is 0 Å². The van der Waals surface area contributed by atoms with Gasteiger partial charge in [-0.15, -0.1) is 0 Å². The maximum atomic E-state index is 12.1. The third-order valence-electron chi connectivity index (χ3n) is 4.58. The maximum Gasteiger partial charge on any atom is 0.316 e. The van der Waals surface area contributed by atoms with Crippen molar-refractivity contribution in [1.29, 1.82) is 0 Å². The van der Waals surface area contributed by atoms with Gasteiger partial charge in [0.05, 0.1) is 5.41 Å². The molecule has 0 radical (unpaired) electrons. The second-order valence-corrected chi connectivity index (χ2v) is 7.42. The normalized spacial score (nSPS) is 13.5. The molecule has 0 heterocycles. The first-order valence-electron chi connectivity index (χ1n) is 8.31. The fraction of sp³-hybridized carbons (Fsp3) is 0.227. The van der Waals surface area contributed by atoms with Crippen molar-refractivity contribution in [1.82, 2.24) is 0 Å². The summed E-state index contributed by atoms with van der Waals surface area (Å²) >= 11 is 0. The summed E-state index contributed by atoms with van der Waals surface area (Å²) in [6.45, 7) is 5.58. The minimum Gasteiger partial charge on any atom is -0.426 e. The lowest BCUT2D eigenvalue weighted by Gasteiger charge is -2.16. The van der Waals surface area contributed by atoms with Gasteiger partial charge in [0.2, 0.25) is 0 Å². The van der Waals surface area contributed by atoms with Crippen molar-refractivity contribution in [2.45, 2.75) is 27.2 Å². The van der Waals surface area contributed by atoms with Crippen molar-refractivity contribution < 1.29 is 9.53 Å². The molecule has 0 N–H and O–H groups in total. The number of carbonyl (C=O) groups is 1. The molecule has 0 aliphatic heterocycles. The topological polar surface area (TPSA) is 26.3 Å². The molecular weight excluding hydrogens is 296 g/mol. The molecule has 0 aromatic heterocycles. The number of rotatable bonds is 1. The summed E-state index contributed by atoms with van der Waals surface area (Å²) in [5, 5.41) is 4.85. The van der Waals surface area contributed by atoms with Crippen LogP contribution in [0.25, 0.3) is 27.6 Å². The summed E-state index contributed by atoms with van der Waals surface area (Å²) in [5.41, 5.74) is 2.21. The van der Waals surface area contributed by atoms with Crippen molar-refractivity contribution in [3.8, 4) is 5.75 Å². The van der Waals surface area contributed by atoms with Crippen molar-refractivity contribution in [3.63, 3.8) is 0 Å². The Bertz CT molecular complexity index is 1000.